The third-order valence-electron chi connectivity index (χ3n) is 3.42. The van der Waals surface area contributed by atoms with Crippen LogP contribution in [-0.4, -0.2) is 31.1 Å². The Labute approximate surface area is 130 Å². The number of carbonyl (C=O) groups is 1. The molecule has 1 atom stereocenters. The van der Waals surface area contributed by atoms with Gasteiger partial charge in [0.15, 0.2) is 0 Å². The lowest BCUT2D eigenvalue weighted by atomic mass is 10.2. The van der Waals surface area contributed by atoms with Gasteiger partial charge in [0.2, 0.25) is 0 Å². The number of ether oxygens (including phenoxy) is 1. The van der Waals surface area contributed by atoms with Gasteiger partial charge in [-0.1, -0.05) is 0 Å². The summed E-state index contributed by atoms with van der Waals surface area (Å²) in [5.41, 5.74) is 0. The standard InChI is InChI=1S/C16H22N2O4/c1-13(15-7-4-11-22-15)18(2)16(19)17-8-5-9-20-12-14-6-3-10-21-14/h3-4,6-7,10-11,13H,5,8-9,12H2,1-2H3,(H,17,19). The van der Waals surface area contributed by atoms with Crippen molar-refractivity contribution in [2.24, 2.45) is 0 Å². The van der Waals surface area contributed by atoms with E-state index in [4.69, 9.17) is 13.6 Å². The van der Waals surface area contributed by atoms with Gasteiger partial charge in [0, 0.05) is 20.2 Å². The molecule has 6 heteroatoms. The SMILES string of the molecule is CC(c1ccco1)N(C)C(=O)NCCCOCc1ccco1. The third-order valence-corrected chi connectivity index (χ3v) is 3.42. The number of amides is 2. The topological polar surface area (TPSA) is 67.9 Å². The predicted octanol–water partition coefficient (Wildman–Crippen LogP) is 3.18. The van der Waals surface area contributed by atoms with Crippen LogP contribution in [-0.2, 0) is 11.3 Å². The molecule has 2 heterocycles. The fraction of sp³-hybridized carbons (Fsp3) is 0.438. The molecule has 2 aromatic heterocycles. The first-order valence-corrected chi connectivity index (χ1v) is 7.32. The Morgan fingerprint density at radius 1 is 1.32 bits per heavy atom. The highest BCUT2D eigenvalue weighted by molar-refractivity contribution is 5.74. The van der Waals surface area contributed by atoms with Crippen LogP contribution in [0.3, 0.4) is 0 Å². The van der Waals surface area contributed by atoms with E-state index in [9.17, 15) is 4.79 Å². The summed E-state index contributed by atoms with van der Waals surface area (Å²) in [6, 6.07) is 7.13. The van der Waals surface area contributed by atoms with Gasteiger partial charge in [-0.15, -0.1) is 0 Å². The lowest BCUT2D eigenvalue weighted by molar-refractivity contribution is 0.104. The Hall–Kier alpha value is -2.21. The van der Waals surface area contributed by atoms with E-state index >= 15 is 0 Å². The molecule has 2 rings (SSSR count). The predicted molar refractivity (Wildman–Crippen MR) is 81.3 cm³/mol. The van der Waals surface area contributed by atoms with Crippen molar-refractivity contribution in [1.82, 2.24) is 10.2 Å². The first-order valence-electron chi connectivity index (χ1n) is 7.32. The summed E-state index contributed by atoms with van der Waals surface area (Å²) in [6.45, 7) is 3.51. The minimum absolute atomic E-state index is 0.106. The molecule has 0 radical (unpaired) electrons. The maximum atomic E-state index is 12.0. The van der Waals surface area contributed by atoms with Gasteiger partial charge in [0.1, 0.15) is 18.1 Å². The molecule has 0 fully saturated rings. The van der Waals surface area contributed by atoms with Crippen molar-refractivity contribution in [2.45, 2.75) is 26.0 Å². The molecular formula is C16H22N2O4. The van der Waals surface area contributed by atoms with Gasteiger partial charge < -0.3 is 23.8 Å². The highest BCUT2D eigenvalue weighted by atomic mass is 16.5. The van der Waals surface area contributed by atoms with Crippen LogP contribution in [0.15, 0.2) is 45.6 Å². The van der Waals surface area contributed by atoms with Gasteiger partial charge in [-0.05, 0) is 37.6 Å². The number of furan rings is 2. The van der Waals surface area contributed by atoms with Crippen molar-refractivity contribution >= 4 is 6.03 Å². The van der Waals surface area contributed by atoms with Crippen molar-refractivity contribution in [3.05, 3.63) is 48.3 Å². The molecule has 0 saturated carbocycles. The molecule has 0 aromatic carbocycles. The van der Waals surface area contributed by atoms with E-state index in [1.54, 1.807) is 24.5 Å². The zero-order valence-corrected chi connectivity index (χ0v) is 13.0. The number of hydrogen-bond donors (Lipinski definition) is 1. The van der Waals surface area contributed by atoms with Crippen LogP contribution in [0.1, 0.15) is 30.9 Å². The molecule has 2 amide bonds. The first kappa shape index (κ1) is 16.2. The van der Waals surface area contributed by atoms with E-state index in [-0.39, 0.29) is 12.1 Å². The zero-order valence-electron chi connectivity index (χ0n) is 13.0. The summed E-state index contributed by atoms with van der Waals surface area (Å²) < 4.78 is 15.9. The Kier molecular flexibility index (Phi) is 6.09. The van der Waals surface area contributed by atoms with Crippen molar-refractivity contribution in [3.63, 3.8) is 0 Å². The Balaban J connectivity index is 1.59. The average molecular weight is 306 g/mol. The van der Waals surface area contributed by atoms with Gasteiger partial charge in [-0.3, -0.25) is 0 Å². The summed E-state index contributed by atoms with van der Waals surface area (Å²) in [6.07, 6.45) is 3.97. The van der Waals surface area contributed by atoms with E-state index in [2.05, 4.69) is 5.32 Å². The van der Waals surface area contributed by atoms with Crippen LogP contribution < -0.4 is 5.32 Å². The number of hydrogen-bond acceptors (Lipinski definition) is 4. The normalized spacial score (nSPS) is 12.1. The van der Waals surface area contributed by atoms with E-state index in [0.717, 1.165) is 17.9 Å². The van der Waals surface area contributed by atoms with E-state index in [1.807, 2.05) is 31.2 Å². The van der Waals surface area contributed by atoms with Crippen LogP contribution in [0.4, 0.5) is 4.79 Å². The maximum Gasteiger partial charge on any atom is 0.317 e. The maximum absolute atomic E-state index is 12.0. The highest BCUT2D eigenvalue weighted by Gasteiger charge is 2.18. The fourth-order valence-corrected chi connectivity index (χ4v) is 1.96. The van der Waals surface area contributed by atoms with Gasteiger partial charge in [-0.2, -0.15) is 0 Å². The molecule has 0 bridgehead atoms. The number of nitrogens with zero attached hydrogens (tertiary/aromatic N) is 1. The Morgan fingerprint density at radius 3 is 2.77 bits per heavy atom. The Bertz CT molecular complexity index is 537. The molecule has 0 aliphatic rings. The molecule has 2 aromatic rings. The monoisotopic (exact) mass is 306 g/mol. The summed E-state index contributed by atoms with van der Waals surface area (Å²) in [4.78, 5) is 13.6. The molecule has 0 spiro atoms. The number of carbonyl (C=O) groups excluding carboxylic acids is 1. The third kappa shape index (κ3) is 4.66. The zero-order chi connectivity index (χ0) is 15.8. The molecular weight excluding hydrogens is 284 g/mol. The lowest BCUT2D eigenvalue weighted by Gasteiger charge is -2.23. The molecule has 120 valence electrons. The minimum atomic E-state index is -0.130. The lowest BCUT2D eigenvalue weighted by Crippen LogP contribution is -2.39. The number of urea groups is 1. The minimum Gasteiger partial charge on any atom is -0.467 e. The van der Waals surface area contributed by atoms with Crippen LogP contribution in [0, 0.1) is 0 Å². The molecule has 0 saturated heterocycles. The van der Waals surface area contributed by atoms with Crippen molar-refractivity contribution < 1.29 is 18.4 Å². The second-order valence-corrected chi connectivity index (χ2v) is 5.02. The summed E-state index contributed by atoms with van der Waals surface area (Å²) in [5, 5.41) is 2.86. The van der Waals surface area contributed by atoms with Crippen LogP contribution >= 0.6 is 0 Å². The van der Waals surface area contributed by atoms with Crippen LogP contribution in [0.2, 0.25) is 0 Å². The van der Waals surface area contributed by atoms with Crippen LogP contribution in [0.25, 0.3) is 0 Å². The van der Waals surface area contributed by atoms with Crippen molar-refractivity contribution in [3.8, 4) is 0 Å². The highest BCUT2D eigenvalue weighted by Crippen LogP contribution is 2.18. The summed E-state index contributed by atoms with van der Waals surface area (Å²) >= 11 is 0. The van der Waals surface area contributed by atoms with Gasteiger partial charge in [0.05, 0.1) is 18.6 Å². The summed E-state index contributed by atoms with van der Waals surface area (Å²) in [5.74, 6) is 1.57. The first-order chi connectivity index (χ1) is 10.7. The van der Waals surface area contributed by atoms with E-state index < -0.39 is 0 Å². The van der Waals surface area contributed by atoms with Gasteiger partial charge >= 0.3 is 6.03 Å². The largest absolute Gasteiger partial charge is 0.467 e. The van der Waals surface area contributed by atoms with Gasteiger partial charge in [0.25, 0.3) is 0 Å². The summed E-state index contributed by atoms with van der Waals surface area (Å²) in [7, 11) is 1.75. The molecule has 0 aliphatic carbocycles. The van der Waals surface area contributed by atoms with E-state index in [1.165, 1.54) is 0 Å². The second kappa shape index (κ2) is 8.29. The van der Waals surface area contributed by atoms with Gasteiger partial charge in [-0.25, -0.2) is 4.79 Å². The van der Waals surface area contributed by atoms with E-state index in [0.29, 0.717) is 19.8 Å². The quantitative estimate of drug-likeness (QED) is 0.761. The number of nitrogens with one attached hydrogen (secondary N) is 1. The molecule has 22 heavy (non-hydrogen) atoms. The fourth-order valence-electron chi connectivity index (χ4n) is 1.96. The molecule has 1 unspecified atom stereocenters. The van der Waals surface area contributed by atoms with Crippen LogP contribution in [0.5, 0.6) is 0 Å². The van der Waals surface area contributed by atoms with Crippen molar-refractivity contribution in [2.75, 3.05) is 20.2 Å². The second-order valence-electron chi connectivity index (χ2n) is 5.02. The Morgan fingerprint density at radius 2 is 2.09 bits per heavy atom. The molecule has 6 nitrogen and oxygen atoms in total. The molecule has 0 aliphatic heterocycles. The average Bonchev–Trinajstić information content (AvgIpc) is 3.21. The number of rotatable bonds is 8. The smallest absolute Gasteiger partial charge is 0.317 e. The van der Waals surface area contributed by atoms with Crippen molar-refractivity contribution in [1.29, 1.82) is 0 Å². The molecule has 1 N–H and O–H groups in total.